The zero-order chi connectivity index (χ0) is 11.0. The molecule has 0 amide bonds. The average molecular weight is 303 g/mol. The number of hydrogen-bond donors (Lipinski definition) is 1. The molecule has 1 rings (SSSR count). The van der Waals surface area contributed by atoms with E-state index >= 15 is 0 Å². The first-order chi connectivity index (χ1) is 6.12. The molecule has 2 heteroatoms. The van der Waals surface area contributed by atoms with Crippen molar-refractivity contribution in [2.24, 2.45) is 5.41 Å². The van der Waals surface area contributed by atoms with Crippen molar-refractivity contribution in [2.75, 3.05) is 0 Å². The van der Waals surface area contributed by atoms with Gasteiger partial charge in [0, 0.05) is 0 Å². The van der Waals surface area contributed by atoms with Gasteiger partial charge >= 0.3 is 92.6 Å². The molecule has 1 fully saturated rings. The fourth-order valence-corrected chi connectivity index (χ4v) is 4.77. The summed E-state index contributed by atoms with van der Waals surface area (Å²) in [7, 11) is 0. The molecule has 0 heterocycles. The van der Waals surface area contributed by atoms with Crippen molar-refractivity contribution in [3.63, 3.8) is 0 Å². The molecule has 0 radical (unpaired) electrons. The second kappa shape index (κ2) is 3.82. The first kappa shape index (κ1) is 12.6. The van der Waals surface area contributed by atoms with Gasteiger partial charge in [0.05, 0.1) is 0 Å². The standard InChI is InChI=1S/C9H15O.3CH3.Sn/c1-4-8(2)5-6-9(3,10)7-8;;;;/h1,4,10H,5-7H2,2-3H3;3*1H3;/t8-,9-;;;;/m0..../s1. The molecule has 0 aromatic rings. The number of hydrogen-bond acceptors (Lipinski definition) is 1. The van der Waals surface area contributed by atoms with Crippen LogP contribution in [0.3, 0.4) is 0 Å². The number of allylic oxidation sites excluding steroid dienone is 1. The number of aliphatic hydroxyl groups is 1. The van der Waals surface area contributed by atoms with E-state index in [4.69, 9.17) is 0 Å². The van der Waals surface area contributed by atoms with Crippen LogP contribution in [0.2, 0.25) is 14.8 Å². The van der Waals surface area contributed by atoms with Crippen LogP contribution in [0.25, 0.3) is 0 Å². The summed E-state index contributed by atoms with van der Waals surface area (Å²) in [5, 5.41) is 9.94. The van der Waals surface area contributed by atoms with Crippen LogP contribution < -0.4 is 0 Å². The zero-order valence-electron chi connectivity index (χ0n) is 10.2. The second-order valence-electron chi connectivity index (χ2n) is 6.53. The van der Waals surface area contributed by atoms with E-state index in [0.717, 1.165) is 19.3 Å². The Hall–Kier alpha value is 0.499. The molecule has 0 aromatic carbocycles. The first-order valence-corrected chi connectivity index (χ1v) is 15.8. The van der Waals surface area contributed by atoms with E-state index in [1.54, 1.807) is 0 Å². The van der Waals surface area contributed by atoms with Crippen molar-refractivity contribution in [1.29, 1.82) is 0 Å². The fraction of sp³-hybridized carbons (Fsp3) is 0.833. The Bertz CT molecular complexity index is 237. The van der Waals surface area contributed by atoms with Crippen molar-refractivity contribution < 1.29 is 5.11 Å². The minimum absolute atomic E-state index is 0.258. The Morgan fingerprint density at radius 3 is 2.07 bits per heavy atom. The minimum atomic E-state index is -1.76. The molecule has 82 valence electrons. The summed E-state index contributed by atoms with van der Waals surface area (Å²) in [6, 6.07) is 0. The van der Waals surface area contributed by atoms with E-state index in [9.17, 15) is 5.11 Å². The normalized spacial score (nSPS) is 39.6. The van der Waals surface area contributed by atoms with Crippen LogP contribution in [0.4, 0.5) is 0 Å². The van der Waals surface area contributed by atoms with Crippen LogP contribution in [0.1, 0.15) is 33.1 Å². The molecule has 2 atom stereocenters. The Kier molecular flexibility index (Phi) is 3.43. The van der Waals surface area contributed by atoms with Crippen LogP contribution in [-0.2, 0) is 0 Å². The van der Waals surface area contributed by atoms with E-state index in [0.29, 0.717) is 0 Å². The van der Waals surface area contributed by atoms with E-state index in [2.05, 4.69) is 31.9 Å². The Morgan fingerprint density at radius 1 is 1.14 bits per heavy atom. The molecule has 0 bridgehead atoms. The summed E-state index contributed by atoms with van der Waals surface area (Å²) in [6.07, 6.45) is 5.41. The van der Waals surface area contributed by atoms with Crippen LogP contribution in [0.15, 0.2) is 10.2 Å². The van der Waals surface area contributed by atoms with Gasteiger partial charge in [0.2, 0.25) is 0 Å². The van der Waals surface area contributed by atoms with Gasteiger partial charge in [0.15, 0.2) is 0 Å². The topological polar surface area (TPSA) is 20.2 Å². The quantitative estimate of drug-likeness (QED) is 0.776. The second-order valence-corrected chi connectivity index (χ2v) is 21.0. The summed E-state index contributed by atoms with van der Waals surface area (Å²) in [5.74, 6) is 0. The van der Waals surface area contributed by atoms with Crippen LogP contribution >= 0.6 is 0 Å². The zero-order valence-corrected chi connectivity index (χ0v) is 13.1. The summed E-state index contributed by atoms with van der Waals surface area (Å²) < 4.78 is 2.48. The monoisotopic (exact) mass is 304 g/mol. The van der Waals surface area contributed by atoms with Crippen molar-refractivity contribution in [3.05, 3.63) is 10.2 Å². The molecule has 1 nitrogen and oxygen atoms in total. The summed E-state index contributed by atoms with van der Waals surface area (Å²) in [4.78, 5) is 7.25. The third kappa shape index (κ3) is 3.93. The SMILES string of the molecule is C[C@]1(O)CC[C@](C)(/C=[CH]\[Sn]([CH3])([CH3])[CH3])C1. The Morgan fingerprint density at radius 2 is 1.71 bits per heavy atom. The van der Waals surface area contributed by atoms with Crippen molar-refractivity contribution in [1.82, 2.24) is 0 Å². The predicted molar refractivity (Wildman–Crippen MR) is 65.1 cm³/mol. The molecule has 0 saturated heterocycles. The molecule has 1 saturated carbocycles. The van der Waals surface area contributed by atoms with Crippen LogP contribution in [-0.4, -0.2) is 29.1 Å². The van der Waals surface area contributed by atoms with E-state index in [1.165, 1.54) is 0 Å². The Labute approximate surface area is 92.5 Å². The van der Waals surface area contributed by atoms with E-state index < -0.39 is 24.0 Å². The third-order valence-corrected chi connectivity index (χ3v) is 6.33. The van der Waals surface area contributed by atoms with Gasteiger partial charge in [-0.25, -0.2) is 0 Å². The maximum absolute atomic E-state index is 9.94. The van der Waals surface area contributed by atoms with Gasteiger partial charge < -0.3 is 0 Å². The molecule has 0 unspecified atom stereocenters. The van der Waals surface area contributed by atoms with Gasteiger partial charge in [0.25, 0.3) is 0 Å². The first-order valence-electron chi connectivity index (χ1n) is 5.55. The van der Waals surface area contributed by atoms with Gasteiger partial charge in [-0.2, -0.15) is 0 Å². The molecule has 0 aliphatic heterocycles. The number of rotatable bonds is 2. The van der Waals surface area contributed by atoms with Crippen molar-refractivity contribution in [3.8, 4) is 0 Å². The van der Waals surface area contributed by atoms with Gasteiger partial charge in [-0.1, -0.05) is 0 Å². The molecule has 0 spiro atoms. The molecule has 1 aliphatic rings. The van der Waals surface area contributed by atoms with Gasteiger partial charge in [-0.3, -0.25) is 0 Å². The predicted octanol–water partition coefficient (Wildman–Crippen LogP) is 3.36. The molecule has 0 aromatic heterocycles. The van der Waals surface area contributed by atoms with Gasteiger partial charge in [0.1, 0.15) is 0 Å². The summed E-state index contributed by atoms with van der Waals surface area (Å²) >= 11 is -1.76. The third-order valence-electron chi connectivity index (χ3n) is 3.01. The molecule has 1 N–H and O–H groups in total. The summed E-state index contributed by atoms with van der Waals surface area (Å²) in [6.45, 7) is 4.25. The van der Waals surface area contributed by atoms with Crippen molar-refractivity contribution >= 4 is 18.4 Å². The molecular formula is C12H24OSn. The Balaban J connectivity index is 2.66. The fourth-order valence-electron chi connectivity index (χ4n) is 2.20. The van der Waals surface area contributed by atoms with E-state index in [1.807, 2.05) is 6.92 Å². The van der Waals surface area contributed by atoms with Gasteiger partial charge in [-0.05, 0) is 0 Å². The van der Waals surface area contributed by atoms with Crippen molar-refractivity contribution in [2.45, 2.75) is 53.5 Å². The van der Waals surface area contributed by atoms with E-state index in [-0.39, 0.29) is 5.41 Å². The van der Waals surface area contributed by atoms with Crippen LogP contribution in [0.5, 0.6) is 0 Å². The maximum atomic E-state index is 9.94. The molecule has 1 aliphatic carbocycles. The van der Waals surface area contributed by atoms with Crippen LogP contribution in [0, 0.1) is 5.41 Å². The summed E-state index contributed by atoms with van der Waals surface area (Å²) in [5.41, 5.74) is -0.166. The molecular weight excluding hydrogens is 279 g/mol. The van der Waals surface area contributed by atoms with Gasteiger partial charge in [-0.15, -0.1) is 0 Å². The molecule has 14 heavy (non-hydrogen) atoms. The average Bonchev–Trinajstić information content (AvgIpc) is 2.22.